The van der Waals surface area contributed by atoms with Gasteiger partial charge in [0.25, 0.3) is 0 Å². The second kappa shape index (κ2) is 14.5. The Morgan fingerprint density at radius 1 is 0.692 bits per heavy atom. The number of aryl methyl sites for hydroxylation is 1. The van der Waals surface area contributed by atoms with Crippen LogP contribution in [-0.4, -0.2) is 0 Å². The minimum Gasteiger partial charge on any atom is -0.206 e. The molecule has 3 aromatic carbocycles. The Bertz CT molecular complexity index is 1220. The molecular formula is C36H43F3. The minimum absolute atomic E-state index is 0.234. The van der Waals surface area contributed by atoms with E-state index in [1.165, 1.54) is 25.7 Å². The van der Waals surface area contributed by atoms with Crippen molar-refractivity contribution in [1.82, 2.24) is 0 Å². The highest BCUT2D eigenvalue weighted by atomic mass is 19.2. The molecule has 0 heterocycles. The van der Waals surface area contributed by atoms with Gasteiger partial charge in [0.05, 0.1) is 0 Å². The summed E-state index contributed by atoms with van der Waals surface area (Å²) < 4.78 is 45.0. The Hall–Kier alpha value is -2.81. The van der Waals surface area contributed by atoms with Crippen LogP contribution in [0.2, 0.25) is 0 Å². The summed E-state index contributed by atoms with van der Waals surface area (Å²) in [5, 5.41) is 0. The van der Waals surface area contributed by atoms with Crippen molar-refractivity contribution in [3.05, 3.63) is 95.3 Å². The summed E-state index contributed by atoms with van der Waals surface area (Å²) in [4.78, 5) is 0. The van der Waals surface area contributed by atoms with Gasteiger partial charge in [-0.3, -0.25) is 0 Å². The minimum atomic E-state index is -0.803. The third kappa shape index (κ3) is 7.65. The van der Waals surface area contributed by atoms with Gasteiger partial charge in [0.15, 0.2) is 11.6 Å². The van der Waals surface area contributed by atoms with Gasteiger partial charge >= 0.3 is 0 Å². The highest BCUT2D eigenvalue weighted by Crippen LogP contribution is 2.38. The fourth-order valence-electron chi connectivity index (χ4n) is 6.04. The molecule has 39 heavy (non-hydrogen) atoms. The van der Waals surface area contributed by atoms with E-state index < -0.39 is 11.6 Å². The first-order valence-electron chi connectivity index (χ1n) is 15.0. The predicted molar refractivity (Wildman–Crippen MR) is 158 cm³/mol. The number of unbranched alkanes of at least 4 members (excludes halogenated alkanes) is 6. The average molecular weight is 533 g/mol. The lowest BCUT2D eigenvalue weighted by Crippen LogP contribution is -2.12. The van der Waals surface area contributed by atoms with Crippen molar-refractivity contribution in [2.45, 2.75) is 96.8 Å². The van der Waals surface area contributed by atoms with Gasteiger partial charge in [-0.05, 0) is 85.6 Å². The van der Waals surface area contributed by atoms with Gasteiger partial charge in [0.2, 0.25) is 0 Å². The smallest absolute Gasteiger partial charge is 0.166 e. The lowest BCUT2D eigenvalue weighted by atomic mass is 9.78. The van der Waals surface area contributed by atoms with E-state index in [1.807, 2.05) is 12.1 Å². The van der Waals surface area contributed by atoms with Crippen molar-refractivity contribution in [3.8, 4) is 22.3 Å². The van der Waals surface area contributed by atoms with Gasteiger partial charge in [-0.1, -0.05) is 106 Å². The molecule has 0 N–H and O–H groups in total. The molecule has 1 aliphatic rings. The van der Waals surface area contributed by atoms with E-state index in [0.29, 0.717) is 34.9 Å². The zero-order valence-corrected chi connectivity index (χ0v) is 23.6. The fraction of sp³-hybridized carbons (Fsp3) is 0.444. The number of allylic oxidation sites excluding steroid dienone is 2. The maximum atomic E-state index is 15.2. The summed E-state index contributed by atoms with van der Waals surface area (Å²) in [5.41, 5.74) is 3.61. The highest BCUT2D eigenvalue weighted by molar-refractivity contribution is 5.71. The normalized spacial score (nSPS) is 17.7. The molecule has 3 heteroatoms. The summed E-state index contributed by atoms with van der Waals surface area (Å²) >= 11 is 0. The topological polar surface area (TPSA) is 0 Å². The Balaban J connectivity index is 1.39. The van der Waals surface area contributed by atoms with Crippen LogP contribution in [0, 0.1) is 23.4 Å². The monoisotopic (exact) mass is 532 g/mol. The summed E-state index contributed by atoms with van der Waals surface area (Å²) in [7, 11) is 0. The Kier molecular flexibility index (Phi) is 10.9. The van der Waals surface area contributed by atoms with E-state index in [1.54, 1.807) is 42.5 Å². The Morgan fingerprint density at radius 3 is 1.95 bits per heavy atom. The summed E-state index contributed by atoms with van der Waals surface area (Å²) in [6, 6.07) is 16.1. The SMILES string of the molecule is CC=CC1CCC(c2ccc(-c3ccc(-c4ccc(CCCCCCCCC)c(F)c4F)cc3)c(F)c2)CC1. The van der Waals surface area contributed by atoms with Crippen LogP contribution in [0.3, 0.4) is 0 Å². The first kappa shape index (κ1) is 29.2. The number of rotatable bonds is 12. The number of halogens is 3. The molecule has 0 amide bonds. The predicted octanol–water partition coefficient (Wildman–Crippen LogP) is 11.6. The first-order valence-corrected chi connectivity index (χ1v) is 15.0. The van der Waals surface area contributed by atoms with Crippen molar-refractivity contribution in [1.29, 1.82) is 0 Å². The zero-order chi connectivity index (χ0) is 27.6. The zero-order valence-electron chi connectivity index (χ0n) is 23.6. The van der Waals surface area contributed by atoms with E-state index in [2.05, 4.69) is 26.0 Å². The standard InChI is InChI=1S/C36H43F3/c1-3-5-6-7-8-9-10-12-30-21-24-33(36(39)35(30)38)29-19-17-28(18-20-29)32-23-22-31(25-34(32)37)27-15-13-26(11-4-2)14-16-27/h4,11,17-27H,3,5-10,12-16H2,1-2H3. The molecule has 0 aromatic heterocycles. The molecule has 0 bridgehead atoms. The molecular weight excluding hydrogens is 489 g/mol. The molecule has 1 saturated carbocycles. The fourth-order valence-corrected chi connectivity index (χ4v) is 6.04. The molecule has 0 nitrogen and oxygen atoms in total. The largest absolute Gasteiger partial charge is 0.206 e. The molecule has 4 rings (SSSR count). The van der Waals surface area contributed by atoms with Crippen molar-refractivity contribution in [2.24, 2.45) is 5.92 Å². The average Bonchev–Trinajstić information content (AvgIpc) is 2.95. The number of hydrogen-bond donors (Lipinski definition) is 0. The number of benzene rings is 3. The Labute approximate surface area is 233 Å². The maximum absolute atomic E-state index is 15.2. The van der Waals surface area contributed by atoms with Crippen molar-refractivity contribution < 1.29 is 13.2 Å². The Morgan fingerprint density at radius 2 is 1.31 bits per heavy atom. The summed E-state index contributed by atoms with van der Waals surface area (Å²) in [6.07, 6.45) is 17.5. The molecule has 3 aromatic rings. The van der Waals surface area contributed by atoms with Gasteiger partial charge < -0.3 is 0 Å². The van der Waals surface area contributed by atoms with Crippen molar-refractivity contribution >= 4 is 0 Å². The van der Waals surface area contributed by atoms with Crippen molar-refractivity contribution in [2.75, 3.05) is 0 Å². The van der Waals surface area contributed by atoms with Gasteiger partial charge in [0.1, 0.15) is 5.82 Å². The van der Waals surface area contributed by atoms with Gasteiger partial charge in [-0.25, -0.2) is 13.2 Å². The number of hydrogen-bond acceptors (Lipinski definition) is 0. The summed E-state index contributed by atoms with van der Waals surface area (Å²) in [5.74, 6) is -0.729. The third-order valence-corrected chi connectivity index (χ3v) is 8.42. The van der Waals surface area contributed by atoms with E-state index >= 15 is 4.39 Å². The molecule has 0 radical (unpaired) electrons. The van der Waals surface area contributed by atoms with Crippen LogP contribution in [0.15, 0.2) is 66.7 Å². The maximum Gasteiger partial charge on any atom is 0.166 e. The van der Waals surface area contributed by atoms with E-state index in [0.717, 1.165) is 56.1 Å². The molecule has 0 spiro atoms. The van der Waals surface area contributed by atoms with Crippen LogP contribution in [0.25, 0.3) is 22.3 Å². The van der Waals surface area contributed by atoms with Crippen LogP contribution in [0.5, 0.6) is 0 Å². The quantitative estimate of drug-likeness (QED) is 0.161. The summed E-state index contributed by atoms with van der Waals surface area (Å²) in [6.45, 7) is 4.27. The van der Waals surface area contributed by atoms with Gasteiger partial charge in [-0.15, -0.1) is 0 Å². The van der Waals surface area contributed by atoms with Gasteiger partial charge in [-0.2, -0.15) is 0 Å². The molecule has 1 aliphatic carbocycles. The third-order valence-electron chi connectivity index (χ3n) is 8.42. The molecule has 1 fully saturated rings. The molecule has 0 unspecified atom stereocenters. The second-order valence-corrected chi connectivity index (χ2v) is 11.2. The second-order valence-electron chi connectivity index (χ2n) is 11.2. The van der Waals surface area contributed by atoms with Gasteiger partial charge in [0, 0.05) is 11.1 Å². The van der Waals surface area contributed by atoms with E-state index in [9.17, 15) is 8.78 Å². The van der Waals surface area contributed by atoms with Crippen LogP contribution < -0.4 is 0 Å². The molecule has 0 atom stereocenters. The lowest BCUT2D eigenvalue weighted by Gasteiger charge is -2.27. The van der Waals surface area contributed by atoms with Crippen LogP contribution in [0.1, 0.15) is 102 Å². The van der Waals surface area contributed by atoms with Crippen LogP contribution >= 0.6 is 0 Å². The van der Waals surface area contributed by atoms with E-state index in [-0.39, 0.29) is 11.4 Å². The van der Waals surface area contributed by atoms with Crippen LogP contribution in [0.4, 0.5) is 13.2 Å². The first-order chi connectivity index (χ1) is 19.0. The molecule has 0 aliphatic heterocycles. The van der Waals surface area contributed by atoms with Crippen LogP contribution in [-0.2, 0) is 6.42 Å². The lowest BCUT2D eigenvalue weighted by molar-refractivity contribution is 0.375. The molecule has 0 saturated heterocycles. The molecule has 208 valence electrons. The van der Waals surface area contributed by atoms with E-state index in [4.69, 9.17) is 0 Å². The highest BCUT2D eigenvalue weighted by Gasteiger charge is 2.22. The van der Waals surface area contributed by atoms with Crippen molar-refractivity contribution in [3.63, 3.8) is 0 Å².